The number of anilines is 1. The third kappa shape index (κ3) is 5.96. The van der Waals surface area contributed by atoms with Crippen LogP contribution >= 0.6 is 11.5 Å². The number of aryl methyl sites for hydroxylation is 1. The first-order valence-electron chi connectivity index (χ1n) is 10.1. The van der Waals surface area contributed by atoms with Crippen LogP contribution in [0, 0.1) is 0 Å². The number of rotatable bonds is 8. The van der Waals surface area contributed by atoms with Crippen molar-refractivity contribution < 1.29 is 9.47 Å². The Morgan fingerprint density at radius 3 is 2.69 bits per heavy atom. The third-order valence-corrected chi connectivity index (χ3v) is 5.44. The Bertz CT molecular complexity index is 789. The topological polar surface area (TPSA) is 75.1 Å². The lowest BCUT2D eigenvalue weighted by Crippen LogP contribution is -2.52. The number of benzene rings is 1. The zero-order chi connectivity index (χ0) is 20.5. The van der Waals surface area contributed by atoms with E-state index in [0.29, 0.717) is 13.2 Å². The van der Waals surface area contributed by atoms with E-state index in [0.717, 1.165) is 67.6 Å². The molecule has 1 aliphatic rings. The number of nitrogens with zero attached hydrogens (tertiary/aromatic N) is 5. The maximum atomic E-state index is 5.80. The van der Waals surface area contributed by atoms with Crippen LogP contribution in [0.1, 0.15) is 19.7 Å². The van der Waals surface area contributed by atoms with E-state index < -0.39 is 0 Å². The molecule has 158 valence electrons. The Balaban J connectivity index is 1.50. The Morgan fingerprint density at radius 1 is 1.21 bits per heavy atom. The second-order valence-electron chi connectivity index (χ2n) is 6.58. The van der Waals surface area contributed by atoms with Gasteiger partial charge in [0, 0.05) is 56.7 Å². The van der Waals surface area contributed by atoms with Crippen molar-refractivity contribution in [2.24, 2.45) is 4.99 Å². The van der Waals surface area contributed by atoms with Crippen LogP contribution in [0.2, 0.25) is 0 Å². The molecule has 8 nitrogen and oxygen atoms in total. The number of nitrogens with one attached hydrogen (secondary N) is 1. The number of piperazine rings is 1. The summed E-state index contributed by atoms with van der Waals surface area (Å²) in [5.41, 5.74) is 0. The van der Waals surface area contributed by atoms with E-state index in [4.69, 9.17) is 14.5 Å². The summed E-state index contributed by atoms with van der Waals surface area (Å²) in [4.78, 5) is 14.0. The quantitative estimate of drug-likeness (QED) is 0.400. The van der Waals surface area contributed by atoms with E-state index in [1.807, 2.05) is 24.3 Å². The molecule has 29 heavy (non-hydrogen) atoms. The summed E-state index contributed by atoms with van der Waals surface area (Å²) in [6, 6.07) is 7.63. The molecule has 0 radical (unpaired) electrons. The lowest BCUT2D eigenvalue weighted by atomic mass is 10.3. The van der Waals surface area contributed by atoms with E-state index in [1.165, 1.54) is 11.5 Å². The maximum absolute atomic E-state index is 5.80. The Hall–Kier alpha value is -2.55. The van der Waals surface area contributed by atoms with Crippen molar-refractivity contribution in [1.29, 1.82) is 0 Å². The number of hydrogen-bond donors (Lipinski definition) is 1. The molecule has 9 heteroatoms. The van der Waals surface area contributed by atoms with Crippen LogP contribution in [-0.4, -0.2) is 73.2 Å². The van der Waals surface area contributed by atoms with E-state index in [9.17, 15) is 0 Å². The molecule has 3 rings (SSSR count). The fraction of sp³-hybridized carbons (Fsp3) is 0.550. The minimum atomic E-state index is 0.520. The second-order valence-corrected chi connectivity index (χ2v) is 7.31. The van der Waals surface area contributed by atoms with E-state index in [1.54, 1.807) is 7.11 Å². The molecule has 1 saturated heterocycles. The molecule has 0 amide bonds. The molecule has 0 saturated carbocycles. The highest BCUT2D eigenvalue weighted by molar-refractivity contribution is 7.09. The minimum Gasteiger partial charge on any atom is -0.497 e. The Labute approximate surface area is 176 Å². The normalized spacial score (nSPS) is 14.8. The van der Waals surface area contributed by atoms with Gasteiger partial charge in [0.25, 0.3) is 0 Å². The molecule has 1 fully saturated rings. The molecule has 0 unspecified atom stereocenters. The van der Waals surface area contributed by atoms with Gasteiger partial charge in [-0.2, -0.15) is 4.37 Å². The summed E-state index contributed by atoms with van der Waals surface area (Å²) in [5, 5.41) is 4.42. The monoisotopic (exact) mass is 418 g/mol. The lowest BCUT2D eigenvalue weighted by Gasteiger charge is -2.36. The van der Waals surface area contributed by atoms with Gasteiger partial charge in [0.1, 0.15) is 23.9 Å². The van der Waals surface area contributed by atoms with Crippen molar-refractivity contribution in [1.82, 2.24) is 19.6 Å². The molecule has 1 N–H and O–H groups in total. The summed E-state index contributed by atoms with van der Waals surface area (Å²) < 4.78 is 15.4. The molecule has 2 aromatic rings. The largest absolute Gasteiger partial charge is 0.497 e. The average Bonchev–Trinajstić information content (AvgIpc) is 3.25. The molecular weight excluding hydrogens is 388 g/mol. The fourth-order valence-corrected chi connectivity index (χ4v) is 3.86. The van der Waals surface area contributed by atoms with Gasteiger partial charge in [-0.15, -0.1) is 0 Å². The number of aliphatic imine (C=N–C) groups is 1. The molecular formula is C20H30N6O2S. The van der Waals surface area contributed by atoms with Crippen LogP contribution in [-0.2, 0) is 6.42 Å². The highest BCUT2D eigenvalue weighted by Gasteiger charge is 2.21. The van der Waals surface area contributed by atoms with Crippen LogP contribution in [0.15, 0.2) is 29.3 Å². The second kappa shape index (κ2) is 10.8. The first-order chi connectivity index (χ1) is 14.2. The van der Waals surface area contributed by atoms with E-state index in [2.05, 4.69) is 38.3 Å². The summed E-state index contributed by atoms with van der Waals surface area (Å²) in [6.07, 6.45) is 0.880. The van der Waals surface area contributed by atoms with Gasteiger partial charge in [-0.25, -0.2) is 9.98 Å². The van der Waals surface area contributed by atoms with Gasteiger partial charge < -0.3 is 24.6 Å². The molecule has 1 aromatic heterocycles. The predicted octanol–water partition coefficient (Wildman–Crippen LogP) is 2.28. The third-order valence-electron chi connectivity index (χ3n) is 4.62. The minimum absolute atomic E-state index is 0.520. The molecule has 0 aliphatic carbocycles. The van der Waals surface area contributed by atoms with Crippen LogP contribution in [0.25, 0.3) is 0 Å². The summed E-state index contributed by atoms with van der Waals surface area (Å²) >= 11 is 1.49. The highest BCUT2D eigenvalue weighted by Crippen LogP contribution is 2.20. The Morgan fingerprint density at radius 2 is 2.00 bits per heavy atom. The van der Waals surface area contributed by atoms with Crippen LogP contribution in [0.4, 0.5) is 5.13 Å². The number of ether oxygens (including phenoxy) is 2. The van der Waals surface area contributed by atoms with Crippen molar-refractivity contribution in [3.63, 3.8) is 0 Å². The molecule has 0 bridgehead atoms. The van der Waals surface area contributed by atoms with Crippen LogP contribution in [0.5, 0.6) is 11.5 Å². The molecule has 0 atom stereocenters. The van der Waals surface area contributed by atoms with Gasteiger partial charge in [-0.05, 0) is 19.1 Å². The van der Waals surface area contributed by atoms with Crippen molar-refractivity contribution in [2.75, 3.05) is 57.9 Å². The molecule has 1 aliphatic heterocycles. The van der Waals surface area contributed by atoms with E-state index in [-0.39, 0.29) is 0 Å². The van der Waals surface area contributed by atoms with Crippen molar-refractivity contribution in [3.05, 3.63) is 30.1 Å². The fourth-order valence-electron chi connectivity index (χ4n) is 3.06. The SMILES string of the molecule is CCNC(=NCCOc1cccc(OC)c1)N1CCN(c2nc(CC)ns2)CC1. The van der Waals surface area contributed by atoms with Gasteiger partial charge in [0.05, 0.1) is 13.7 Å². The molecule has 2 heterocycles. The number of hydrogen-bond acceptors (Lipinski definition) is 7. The molecule has 1 aromatic carbocycles. The zero-order valence-electron chi connectivity index (χ0n) is 17.4. The first-order valence-corrected chi connectivity index (χ1v) is 10.9. The molecule has 0 spiro atoms. The summed E-state index contributed by atoms with van der Waals surface area (Å²) in [5.74, 6) is 3.45. The zero-order valence-corrected chi connectivity index (χ0v) is 18.2. The van der Waals surface area contributed by atoms with Crippen LogP contribution < -0.4 is 19.7 Å². The maximum Gasteiger partial charge on any atom is 0.205 e. The number of methoxy groups -OCH3 is 1. The van der Waals surface area contributed by atoms with Crippen molar-refractivity contribution in [3.8, 4) is 11.5 Å². The predicted molar refractivity (Wildman–Crippen MR) is 118 cm³/mol. The smallest absolute Gasteiger partial charge is 0.205 e. The van der Waals surface area contributed by atoms with Crippen molar-refractivity contribution in [2.45, 2.75) is 20.3 Å². The van der Waals surface area contributed by atoms with Gasteiger partial charge in [-0.3, -0.25) is 0 Å². The van der Waals surface area contributed by atoms with Gasteiger partial charge >= 0.3 is 0 Å². The number of aromatic nitrogens is 2. The number of guanidine groups is 1. The summed E-state index contributed by atoms with van der Waals surface area (Å²) in [7, 11) is 1.65. The average molecular weight is 419 g/mol. The van der Waals surface area contributed by atoms with Gasteiger partial charge in [-0.1, -0.05) is 13.0 Å². The van der Waals surface area contributed by atoms with Gasteiger partial charge in [0.15, 0.2) is 5.96 Å². The van der Waals surface area contributed by atoms with Gasteiger partial charge in [0.2, 0.25) is 5.13 Å². The van der Waals surface area contributed by atoms with Crippen LogP contribution in [0.3, 0.4) is 0 Å². The van der Waals surface area contributed by atoms with Crippen molar-refractivity contribution >= 4 is 22.6 Å². The van der Waals surface area contributed by atoms with E-state index >= 15 is 0 Å². The Kier molecular flexibility index (Phi) is 7.92. The summed E-state index contributed by atoms with van der Waals surface area (Å²) in [6.45, 7) is 9.78. The lowest BCUT2D eigenvalue weighted by molar-refractivity contribution is 0.322. The highest BCUT2D eigenvalue weighted by atomic mass is 32.1. The standard InChI is InChI=1S/C20H30N6O2S/c1-4-18-23-20(29-24-18)26-12-10-25(11-13-26)19(21-5-2)22-9-14-28-17-8-6-7-16(15-17)27-3/h6-8,15H,4-5,9-14H2,1-3H3,(H,21,22). The first kappa shape index (κ1) is 21.2.